The van der Waals surface area contributed by atoms with Gasteiger partial charge in [0, 0.05) is 17.6 Å². The van der Waals surface area contributed by atoms with Crippen molar-refractivity contribution in [2.24, 2.45) is 0 Å². The lowest BCUT2D eigenvalue weighted by atomic mass is 10.1. The summed E-state index contributed by atoms with van der Waals surface area (Å²) in [6.45, 7) is 5.26. The second-order valence-electron chi connectivity index (χ2n) is 6.24. The molecule has 2 aromatic carbocycles. The Morgan fingerprint density at radius 2 is 1.86 bits per heavy atom. The lowest BCUT2D eigenvalue weighted by Crippen LogP contribution is -2.15. The second kappa shape index (κ2) is 8.30. The summed E-state index contributed by atoms with van der Waals surface area (Å²) in [7, 11) is 0. The molecule has 7 heteroatoms. The third kappa shape index (κ3) is 4.70. The zero-order chi connectivity index (χ0) is 20.1. The molecule has 0 atom stereocenters. The van der Waals surface area contributed by atoms with E-state index >= 15 is 0 Å². The number of nitrogens with one attached hydrogen (secondary N) is 2. The summed E-state index contributed by atoms with van der Waals surface area (Å²) in [5, 5.41) is 9.39. The number of halogens is 1. The summed E-state index contributed by atoms with van der Waals surface area (Å²) < 4.78 is 15.8. The normalized spacial score (nSPS) is 10.4. The molecule has 0 aliphatic heterocycles. The summed E-state index contributed by atoms with van der Waals surface area (Å²) in [5.74, 6) is -1.06. The first-order valence-electron chi connectivity index (χ1n) is 8.58. The van der Waals surface area contributed by atoms with Gasteiger partial charge in [-0.15, -0.1) is 0 Å². The summed E-state index contributed by atoms with van der Waals surface area (Å²) >= 11 is 0. The Kier molecular flexibility index (Phi) is 5.64. The van der Waals surface area contributed by atoms with Gasteiger partial charge in [0.05, 0.1) is 12.6 Å². The first-order valence-corrected chi connectivity index (χ1v) is 8.58. The number of anilines is 2. The molecular formula is C21H19FN4O2. The number of carbonyl (C=O) groups excluding carboxylic acids is 2. The van der Waals surface area contributed by atoms with Gasteiger partial charge in [0.2, 0.25) is 11.8 Å². The molecule has 3 aromatic rings. The zero-order valence-corrected chi connectivity index (χ0v) is 15.3. The number of hydrogen-bond acceptors (Lipinski definition) is 3. The van der Waals surface area contributed by atoms with E-state index in [2.05, 4.69) is 22.3 Å². The Balaban J connectivity index is 1.62. The average molecular weight is 378 g/mol. The SMILES string of the molecule is C=CC(=O)Nc1ccc(CC(=O)Nc2ccc(-n3cc(C)cn3)c(F)c2)cc1. The van der Waals surface area contributed by atoms with E-state index < -0.39 is 5.82 Å². The van der Waals surface area contributed by atoms with E-state index in [1.807, 2.05) is 6.92 Å². The van der Waals surface area contributed by atoms with Crippen LogP contribution in [0, 0.1) is 12.7 Å². The Bertz CT molecular complexity index is 1030. The number of aryl methyl sites for hydroxylation is 1. The van der Waals surface area contributed by atoms with Crippen LogP contribution < -0.4 is 10.6 Å². The molecule has 3 rings (SSSR count). The van der Waals surface area contributed by atoms with Gasteiger partial charge in [0.1, 0.15) is 5.69 Å². The van der Waals surface area contributed by atoms with E-state index in [9.17, 15) is 14.0 Å². The van der Waals surface area contributed by atoms with Gasteiger partial charge in [-0.3, -0.25) is 9.59 Å². The van der Waals surface area contributed by atoms with Gasteiger partial charge >= 0.3 is 0 Å². The maximum Gasteiger partial charge on any atom is 0.247 e. The van der Waals surface area contributed by atoms with Crippen LogP contribution in [-0.4, -0.2) is 21.6 Å². The third-order valence-electron chi connectivity index (χ3n) is 3.96. The van der Waals surface area contributed by atoms with E-state index in [1.54, 1.807) is 48.8 Å². The van der Waals surface area contributed by atoms with Gasteiger partial charge in [0.25, 0.3) is 0 Å². The molecule has 0 saturated heterocycles. The highest BCUT2D eigenvalue weighted by Gasteiger charge is 2.10. The Morgan fingerprint density at radius 3 is 2.46 bits per heavy atom. The molecule has 0 fully saturated rings. The highest BCUT2D eigenvalue weighted by molar-refractivity contribution is 5.99. The number of benzene rings is 2. The van der Waals surface area contributed by atoms with Crippen LogP contribution >= 0.6 is 0 Å². The molecule has 0 unspecified atom stereocenters. The monoisotopic (exact) mass is 378 g/mol. The minimum absolute atomic E-state index is 0.122. The predicted octanol–water partition coefficient (Wildman–Crippen LogP) is 3.63. The van der Waals surface area contributed by atoms with Crippen LogP contribution in [0.25, 0.3) is 5.69 Å². The fourth-order valence-electron chi connectivity index (χ4n) is 2.60. The van der Waals surface area contributed by atoms with Gasteiger partial charge in [-0.1, -0.05) is 18.7 Å². The molecule has 0 aliphatic rings. The molecule has 0 radical (unpaired) electrons. The van der Waals surface area contributed by atoms with Crippen LogP contribution in [0.2, 0.25) is 0 Å². The van der Waals surface area contributed by atoms with Crippen molar-refractivity contribution in [2.45, 2.75) is 13.3 Å². The molecule has 1 aromatic heterocycles. The largest absolute Gasteiger partial charge is 0.326 e. The first-order chi connectivity index (χ1) is 13.4. The van der Waals surface area contributed by atoms with Gasteiger partial charge in [-0.25, -0.2) is 9.07 Å². The number of hydrogen-bond donors (Lipinski definition) is 2. The summed E-state index contributed by atoms with van der Waals surface area (Å²) in [6.07, 6.45) is 4.66. The highest BCUT2D eigenvalue weighted by atomic mass is 19.1. The van der Waals surface area contributed by atoms with Crippen molar-refractivity contribution in [3.63, 3.8) is 0 Å². The van der Waals surface area contributed by atoms with Crippen LogP contribution in [-0.2, 0) is 16.0 Å². The average Bonchev–Trinajstić information content (AvgIpc) is 3.09. The smallest absolute Gasteiger partial charge is 0.247 e. The molecule has 28 heavy (non-hydrogen) atoms. The van der Waals surface area contributed by atoms with E-state index in [1.165, 1.54) is 16.8 Å². The molecule has 0 bridgehead atoms. The predicted molar refractivity (Wildman–Crippen MR) is 106 cm³/mol. The van der Waals surface area contributed by atoms with Gasteiger partial charge in [0.15, 0.2) is 5.82 Å². The summed E-state index contributed by atoms with van der Waals surface area (Å²) in [4.78, 5) is 23.5. The lowest BCUT2D eigenvalue weighted by Gasteiger charge is -2.09. The van der Waals surface area contributed by atoms with Crippen molar-refractivity contribution >= 4 is 23.2 Å². The van der Waals surface area contributed by atoms with Crippen LogP contribution in [0.1, 0.15) is 11.1 Å². The van der Waals surface area contributed by atoms with Crippen molar-refractivity contribution < 1.29 is 14.0 Å². The minimum atomic E-state index is -0.483. The van der Waals surface area contributed by atoms with Crippen molar-refractivity contribution in [2.75, 3.05) is 10.6 Å². The maximum absolute atomic E-state index is 14.3. The highest BCUT2D eigenvalue weighted by Crippen LogP contribution is 2.19. The van der Waals surface area contributed by atoms with Gasteiger partial charge in [-0.05, 0) is 54.5 Å². The van der Waals surface area contributed by atoms with Crippen LogP contribution in [0.4, 0.5) is 15.8 Å². The summed E-state index contributed by atoms with van der Waals surface area (Å²) in [5.41, 5.74) is 2.97. The second-order valence-corrected chi connectivity index (χ2v) is 6.24. The van der Waals surface area contributed by atoms with Crippen molar-refractivity contribution in [1.82, 2.24) is 9.78 Å². The molecule has 6 nitrogen and oxygen atoms in total. The van der Waals surface area contributed by atoms with Crippen LogP contribution in [0.3, 0.4) is 0 Å². The standard InChI is InChI=1S/C21H19FN4O2/c1-3-20(27)24-16-6-4-15(5-7-16)10-21(28)25-17-8-9-19(18(22)11-17)26-13-14(2)12-23-26/h3-9,11-13H,1,10H2,2H3,(H,24,27)(H,25,28). The quantitative estimate of drug-likeness (QED) is 0.643. The number of nitrogens with zero attached hydrogens (tertiary/aromatic N) is 2. The molecular weight excluding hydrogens is 359 g/mol. The minimum Gasteiger partial charge on any atom is -0.326 e. The fourth-order valence-corrected chi connectivity index (χ4v) is 2.60. The number of amides is 2. The Morgan fingerprint density at radius 1 is 1.14 bits per heavy atom. The Labute approximate surface area is 161 Å². The third-order valence-corrected chi connectivity index (χ3v) is 3.96. The van der Waals surface area contributed by atoms with E-state index in [0.29, 0.717) is 17.1 Å². The van der Waals surface area contributed by atoms with Crippen molar-refractivity contribution in [3.8, 4) is 5.69 Å². The first kappa shape index (κ1) is 19.0. The van der Waals surface area contributed by atoms with E-state index in [-0.39, 0.29) is 18.2 Å². The van der Waals surface area contributed by atoms with Gasteiger partial charge in [-0.2, -0.15) is 5.10 Å². The Hall–Kier alpha value is -3.74. The van der Waals surface area contributed by atoms with Crippen molar-refractivity contribution in [1.29, 1.82) is 0 Å². The van der Waals surface area contributed by atoms with Crippen LogP contribution in [0.15, 0.2) is 67.5 Å². The molecule has 0 spiro atoms. The topological polar surface area (TPSA) is 76.0 Å². The van der Waals surface area contributed by atoms with Crippen molar-refractivity contribution in [3.05, 3.63) is 84.5 Å². The molecule has 0 aliphatic carbocycles. The van der Waals surface area contributed by atoms with E-state index in [0.717, 1.165) is 11.1 Å². The number of aromatic nitrogens is 2. The molecule has 142 valence electrons. The lowest BCUT2D eigenvalue weighted by molar-refractivity contribution is -0.115. The zero-order valence-electron chi connectivity index (χ0n) is 15.3. The van der Waals surface area contributed by atoms with E-state index in [4.69, 9.17) is 0 Å². The van der Waals surface area contributed by atoms with Crippen LogP contribution in [0.5, 0.6) is 0 Å². The molecule has 0 saturated carbocycles. The van der Waals surface area contributed by atoms with Gasteiger partial charge < -0.3 is 10.6 Å². The fraction of sp³-hybridized carbons (Fsp3) is 0.0952. The number of carbonyl (C=O) groups is 2. The molecule has 2 amide bonds. The number of rotatable bonds is 6. The molecule has 2 N–H and O–H groups in total. The maximum atomic E-state index is 14.3. The summed E-state index contributed by atoms with van der Waals surface area (Å²) in [6, 6.07) is 11.3. The molecule has 1 heterocycles.